The molecule has 1 aromatic rings. The molecular weight excluding hydrogens is 194 g/mol. The van der Waals surface area contributed by atoms with Crippen LogP contribution in [0.4, 0.5) is 0 Å². The summed E-state index contributed by atoms with van der Waals surface area (Å²) in [4.78, 5) is 0. The first-order valence-corrected chi connectivity index (χ1v) is 5.00. The van der Waals surface area contributed by atoms with Crippen molar-refractivity contribution in [2.24, 2.45) is 10.9 Å². The van der Waals surface area contributed by atoms with Crippen LogP contribution in [0.3, 0.4) is 0 Å². The second kappa shape index (κ2) is 6.08. The number of aromatic nitrogens is 1. The van der Waals surface area contributed by atoms with Gasteiger partial charge in [-0.3, -0.25) is 0 Å². The topological polar surface area (TPSA) is 72.8 Å². The van der Waals surface area contributed by atoms with E-state index >= 15 is 0 Å². The van der Waals surface area contributed by atoms with Gasteiger partial charge in [-0.05, 0) is 25.5 Å². The van der Waals surface area contributed by atoms with E-state index in [0.717, 1.165) is 31.9 Å². The monoisotopic (exact) mass is 211 g/mol. The predicted octanol–water partition coefficient (Wildman–Crippen LogP) is 1.01. The van der Waals surface area contributed by atoms with E-state index in [2.05, 4.69) is 5.16 Å². The first-order chi connectivity index (χ1) is 7.29. The Morgan fingerprint density at radius 3 is 3.13 bits per heavy atom. The lowest BCUT2D eigenvalue weighted by Crippen LogP contribution is -2.18. The van der Waals surface area contributed by atoms with Crippen molar-refractivity contribution in [2.45, 2.75) is 19.9 Å². The molecule has 1 aromatic heterocycles. The van der Waals surface area contributed by atoms with Crippen LogP contribution in [0.2, 0.25) is 0 Å². The molecule has 0 radical (unpaired) electrons. The minimum atomic E-state index is 0.136. The van der Waals surface area contributed by atoms with Gasteiger partial charge in [0.1, 0.15) is 0 Å². The lowest BCUT2D eigenvalue weighted by Gasteiger charge is -2.07. The van der Waals surface area contributed by atoms with Crippen molar-refractivity contribution < 1.29 is 9.94 Å². The van der Waals surface area contributed by atoms with Crippen LogP contribution in [0, 0.1) is 0 Å². The maximum atomic E-state index is 8.57. The van der Waals surface area contributed by atoms with E-state index < -0.39 is 0 Å². The largest absolute Gasteiger partial charge is 0.409 e. The summed E-state index contributed by atoms with van der Waals surface area (Å²) in [5.74, 6) is 0.136. The standard InChI is InChI=1S/C10H17N3O2/c1-2-15-8-4-7-13-6-3-5-9(13)10(11)12-14/h3,5-6,14H,2,4,7-8H2,1H3,(H2,11,12). The van der Waals surface area contributed by atoms with Crippen LogP contribution in [0.1, 0.15) is 19.0 Å². The molecule has 0 spiro atoms. The van der Waals surface area contributed by atoms with Gasteiger partial charge < -0.3 is 20.2 Å². The molecule has 15 heavy (non-hydrogen) atoms. The second-order valence-corrected chi connectivity index (χ2v) is 3.12. The van der Waals surface area contributed by atoms with Gasteiger partial charge in [0.25, 0.3) is 0 Å². The molecule has 5 heteroatoms. The van der Waals surface area contributed by atoms with Crippen molar-refractivity contribution >= 4 is 5.84 Å². The Kier molecular flexibility index (Phi) is 4.70. The third kappa shape index (κ3) is 3.28. The van der Waals surface area contributed by atoms with E-state index in [4.69, 9.17) is 15.7 Å². The number of oxime groups is 1. The molecule has 0 atom stereocenters. The first-order valence-electron chi connectivity index (χ1n) is 5.00. The number of aryl methyl sites for hydroxylation is 1. The lowest BCUT2D eigenvalue weighted by molar-refractivity contribution is 0.141. The van der Waals surface area contributed by atoms with Gasteiger partial charge in [-0.25, -0.2) is 0 Å². The third-order valence-electron chi connectivity index (χ3n) is 2.09. The molecule has 0 aliphatic rings. The predicted molar refractivity (Wildman–Crippen MR) is 58.1 cm³/mol. The van der Waals surface area contributed by atoms with Crippen molar-refractivity contribution in [1.29, 1.82) is 0 Å². The molecule has 1 rings (SSSR count). The fourth-order valence-electron chi connectivity index (χ4n) is 1.37. The van der Waals surface area contributed by atoms with Crippen LogP contribution in [0.15, 0.2) is 23.5 Å². The fourth-order valence-corrected chi connectivity index (χ4v) is 1.37. The van der Waals surface area contributed by atoms with Gasteiger partial charge in [-0.1, -0.05) is 5.16 Å². The van der Waals surface area contributed by atoms with Crippen LogP contribution >= 0.6 is 0 Å². The number of nitrogens with zero attached hydrogens (tertiary/aromatic N) is 2. The molecule has 0 amide bonds. The Morgan fingerprint density at radius 1 is 1.67 bits per heavy atom. The van der Waals surface area contributed by atoms with Gasteiger partial charge in [-0.2, -0.15) is 0 Å². The quantitative estimate of drug-likeness (QED) is 0.242. The van der Waals surface area contributed by atoms with Gasteiger partial charge in [-0.15, -0.1) is 0 Å². The van der Waals surface area contributed by atoms with Gasteiger partial charge >= 0.3 is 0 Å². The molecule has 0 saturated heterocycles. The molecule has 0 bridgehead atoms. The molecule has 0 aromatic carbocycles. The minimum absolute atomic E-state index is 0.136. The first kappa shape index (κ1) is 11.6. The van der Waals surface area contributed by atoms with Crippen LogP contribution in [0.5, 0.6) is 0 Å². The summed E-state index contributed by atoms with van der Waals surface area (Å²) in [5.41, 5.74) is 6.25. The Hall–Kier alpha value is -1.49. The average molecular weight is 211 g/mol. The summed E-state index contributed by atoms with van der Waals surface area (Å²) in [6, 6.07) is 3.68. The Labute approximate surface area is 89.1 Å². The summed E-state index contributed by atoms with van der Waals surface area (Å²) >= 11 is 0. The van der Waals surface area contributed by atoms with E-state index in [-0.39, 0.29) is 5.84 Å². The molecular formula is C10H17N3O2. The fraction of sp³-hybridized carbons (Fsp3) is 0.500. The lowest BCUT2D eigenvalue weighted by atomic mass is 10.4. The second-order valence-electron chi connectivity index (χ2n) is 3.12. The maximum Gasteiger partial charge on any atom is 0.186 e. The Bertz CT molecular complexity index is 320. The third-order valence-corrected chi connectivity index (χ3v) is 2.09. The zero-order valence-electron chi connectivity index (χ0n) is 8.89. The zero-order chi connectivity index (χ0) is 11.1. The molecule has 0 saturated carbocycles. The highest BCUT2D eigenvalue weighted by atomic mass is 16.5. The van der Waals surface area contributed by atoms with E-state index in [1.165, 1.54) is 0 Å². The summed E-state index contributed by atoms with van der Waals surface area (Å²) in [6.07, 6.45) is 2.81. The normalized spacial score (nSPS) is 11.9. The molecule has 3 N–H and O–H groups in total. The van der Waals surface area contributed by atoms with Gasteiger partial charge in [0.2, 0.25) is 0 Å². The maximum absolute atomic E-state index is 8.57. The molecule has 5 nitrogen and oxygen atoms in total. The summed E-state index contributed by atoms with van der Waals surface area (Å²) in [7, 11) is 0. The summed E-state index contributed by atoms with van der Waals surface area (Å²) in [6.45, 7) is 4.24. The van der Waals surface area contributed by atoms with Crippen molar-refractivity contribution in [3.05, 3.63) is 24.0 Å². The molecule has 0 aliphatic heterocycles. The van der Waals surface area contributed by atoms with Crippen molar-refractivity contribution in [1.82, 2.24) is 4.57 Å². The number of hydrogen-bond donors (Lipinski definition) is 2. The highest BCUT2D eigenvalue weighted by Crippen LogP contribution is 2.03. The number of nitrogens with two attached hydrogens (primary N) is 1. The van der Waals surface area contributed by atoms with Crippen molar-refractivity contribution in [2.75, 3.05) is 13.2 Å². The number of hydrogen-bond acceptors (Lipinski definition) is 3. The molecule has 1 heterocycles. The van der Waals surface area contributed by atoms with Crippen LogP contribution in [0.25, 0.3) is 0 Å². The number of ether oxygens (including phenoxy) is 1. The summed E-state index contributed by atoms with van der Waals surface area (Å²) < 4.78 is 7.17. The average Bonchev–Trinajstić information content (AvgIpc) is 2.71. The smallest absolute Gasteiger partial charge is 0.186 e. The van der Waals surface area contributed by atoms with E-state index in [1.54, 1.807) is 0 Å². The molecule has 0 unspecified atom stereocenters. The van der Waals surface area contributed by atoms with E-state index in [1.807, 2.05) is 29.8 Å². The van der Waals surface area contributed by atoms with Gasteiger partial charge in [0.05, 0.1) is 5.69 Å². The molecule has 0 fully saturated rings. The summed E-state index contributed by atoms with van der Waals surface area (Å²) in [5, 5.41) is 11.5. The van der Waals surface area contributed by atoms with E-state index in [0.29, 0.717) is 0 Å². The highest BCUT2D eigenvalue weighted by Gasteiger charge is 2.04. The van der Waals surface area contributed by atoms with Crippen molar-refractivity contribution in [3.8, 4) is 0 Å². The van der Waals surface area contributed by atoms with Crippen LogP contribution in [-0.2, 0) is 11.3 Å². The van der Waals surface area contributed by atoms with Gasteiger partial charge in [0, 0.05) is 26.0 Å². The number of amidine groups is 1. The number of rotatable bonds is 6. The Balaban J connectivity index is 2.50. The minimum Gasteiger partial charge on any atom is -0.409 e. The van der Waals surface area contributed by atoms with Crippen LogP contribution < -0.4 is 5.73 Å². The van der Waals surface area contributed by atoms with E-state index in [9.17, 15) is 0 Å². The SMILES string of the molecule is CCOCCCn1cccc1/C(N)=N/O. The van der Waals surface area contributed by atoms with Gasteiger partial charge in [0.15, 0.2) is 5.84 Å². The molecule has 0 aliphatic carbocycles. The highest BCUT2D eigenvalue weighted by molar-refractivity contribution is 5.95. The zero-order valence-corrected chi connectivity index (χ0v) is 8.89. The van der Waals surface area contributed by atoms with Crippen LogP contribution in [-0.4, -0.2) is 28.8 Å². The Morgan fingerprint density at radius 2 is 2.47 bits per heavy atom. The molecule has 84 valence electrons. The van der Waals surface area contributed by atoms with Crippen molar-refractivity contribution in [3.63, 3.8) is 0 Å².